The van der Waals surface area contributed by atoms with Crippen molar-refractivity contribution in [1.82, 2.24) is 0 Å². The van der Waals surface area contributed by atoms with Crippen LogP contribution in [0.25, 0.3) is 0 Å². The van der Waals surface area contributed by atoms with Crippen LogP contribution in [0, 0.1) is 17.8 Å². The molecular weight excluding hydrogens is 1280 g/mol. The summed E-state index contributed by atoms with van der Waals surface area (Å²) >= 11 is 0. The van der Waals surface area contributed by atoms with Crippen molar-refractivity contribution in [3.05, 3.63) is 0 Å². The van der Waals surface area contributed by atoms with Crippen LogP contribution in [-0.2, 0) is 65.4 Å². The molecule has 0 rings (SSSR count). The van der Waals surface area contributed by atoms with E-state index in [4.69, 9.17) is 37.0 Å². The summed E-state index contributed by atoms with van der Waals surface area (Å²) in [5, 5.41) is 10.6. The van der Waals surface area contributed by atoms with Crippen molar-refractivity contribution in [2.75, 3.05) is 39.6 Å². The van der Waals surface area contributed by atoms with Gasteiger partial charge >= 0.3 is 39.5 Å². The predicted molar refractivity (Wildman–Crippen MR) is 400 cm³/mol. The van der Waals surface area contributed by atoms with Crippen molar-refractivity contribution in [1.29, 1.82) is 0 Å². The van der Waals surface area contributed by atoms with Gasteiger partial charge in [0.05, 0.1) is 26.4 Å². The Morgan fingerprint density at radius 2 is 0.520 bits per heavy atom. The molecule has 3 unspecified atom stereocenters. The quantitative estimate of drug-likeness (QED) is 0.0222. The molecule has 0 heterocycles. The fourth-order valence-electron chi connectivity index (χ4n) is 12.1. The van der Waals surface area contributed by atoms with Crippen LogP contribution < -0.4 is 0 Å². The highest BCUT2D eigenvalue weighted by Crippen LogP contribution is 2.45. The maximum absolute atomic E-state index is 13.1. The van der Waals surface area contributed by atoms with Gasteiger partial charge in [-0.2, -0.15) is 0 Å². The molecule has 6 atom stereocenters. The van der Waals surface area contributed by atoms with Crippen molar-refractivity contribution in [3.8, 4) is 0 Å². The second-order valence-electron chi connectivity index (χ2n) is 29.6. The molecule has 0 fully saturated rings. The molecule has 0 aliphatic carbocycles. The molecule has 0 amide bonds. The van der Waals surface area contributed by atoms with Gasteiger partial charge in [-0.15, -0.1) is 0 Å². The molecule has 3 N–H and O–H groups in total. The highest BCUT2D eigenvalue weighted by atomic mass is 31.2. The van der Waals surface area contributed by atoms with Crippen molar-refractivity contribution >= 4 is 39.5 Å². The smallest absolute Gasteiger partial charge is 0.462 e. The van der Waals surface area contributed by atoms with Crippen LogP contribution in [0.15, 0.2) is 0 Å². The topological polar surface area (TPSA) is 237 Å². The van der Waals surface area contributed by atoms with Crippen LogP contribution in [0.3, 0.4) is 0 Å². The molecule has 19 heteroatoms. The Labute approximate surface area is 600 Å². The highest BCUT2D eigenvalue weighted by molar-refractivity contribution is 7.47. The second kappa shape index (κ2) is 69.4. The van der Waals surface area contributed by atoms with Crippen LogP contribution in [-0.4, -0.2) is 96.7 Å². The zero-order chi connectivity index (χ0) is 72.3. The Morgan fingerprint density at radius 3 is 0.776 bits per heavy atom. The third kappa shape index (κ3) is 71.1. The highest BCUT2D eigenvalue weighted by Gasteiger charge is 2.30. The number of carbonyl (C=O) groups excluding carboxylic acids is 4. The summed E-state index contributed by atoms with van der Waals surface area (Å²) in [5.41, 5.74) is 0. The second-order valence-corrected chi connectivity index (χ2v) is 32.6. The third-order valence-corrected chi connectivity index (χ3v) is 20.6. The first-order chi connectivity index (χ1) is 47.3. The molecule has 0 radical (unpaired) electrons. The molecule has 0 aromatic rings. The lowest BCUT2D eigenvalue weighted by Crippen LogP contribution is -2.30. The van der Waals surface area contributed by atoms with Crippen LogP contribution in [0.2, 0.25) is 0 Å². The zero-order valence-corrected chi connectivity index (χ0v) is 66.0. The van der Waals surface area contributed by atoms with E-state index in [-0.39, 0.29) is 25.7 Å². The number of rotatable bonds is 77. The Balaban J connectivity index is 5.23. The minimum atomic E-state index is -4.96. The number of phosphoric acid groups is 2. The van der Waals surface area contributed by atoms with Crippen LogP contribution >= 0.6 is 15.6 Å². The van der Waals surface area contributed by atoms with Crippen LogP contribution in [0.5, 0.6) is 0 Å². The zero-order valence-electron chi connectivity index (χ0n) is 64.3. The molecule has 17 nitrogen and oxygen atoms in total. The van der Waals surface area contributed by atoms with E-state index in [2.05, 4.69) is 48.5 Å². The summed E-state index contributed by atoms with van der Waals surface area (Å²) in [4.78, 5) is 72.9. The van der Waals surface area contributed by atoms with E-state index in [1.807, 2.05) is 0 Å². The summed E-state index contributed by atoms with van der Waals surface area (Å²) in [5.74, 6) is 0.142. The molecular formula is C79H154O17P2. The monoisotopic (exact) mass is 1440 g/mol. The first kappa shape index (κ1) is 96.1. The molecule has 0 saturated heterocycles. The Kier molecular flexibility index (Phi) is 68.1. The Bertz CT molecular complexity index is 1910. The number of hydrogen-bond acceptors (Lipinski definition) is 15. The van der Waals surface area contributed by atoms with Crippen molar-refractivity contribution in [2.45, 2.75) is 426 Å². The van der Waals surface area contributed by atoms with Gasteiger partial charge in [0.25, 0.3) is 0 Å². The summed E-state index contributed by atoms with van der Waals surface area (Å²) in [6.45, 7) is 11.9. The maximum atomic E-state index is 13.1. The summed E-state index contributed by atoms with van der Waals surface area (Å²) in [6, 6.07) is 0. The van der Waals surface area contributed by atoms with Gasteiger partial charge in [0.15, 0.2) is 12.2 Å². The minimum absolute atomic E-state index is 0.104. The van der Waals surface area contributed by atoms with E-state index in [0.717, 1.165) is 114 Å². The number of esters is 4. The predicted octanol–water partition coefficient (Wildman–Crippen LogP) is 23.4. The number of aliphatic hydroxyl groups is 1. The van der Waals surface area contributed by atoms with E-state index >= 15 is 0 Å². The van der Waals surface area contributed by atoms with E-state index in [0.29, 0.717) is 25.7 Å². The lowest BCUT2D eigenvalue weighted by atomic mass is 10.00. The van der Waals surface area contributed by atoms with E-state index < -0.39 is 97.5 Å². The van der Waals surface area contributed by atoms with Gasteiger partial charge in [0.1, 0.15) is 19.3 Å². The van der Waals surface area contributed by atoms with E-state index in [1.54, 1.807) is 0 Å². The van der Waals surface area contributed by atoms with E-state index in [1.165, 1.54) is 212 Å². The fourth-order valence-corrected chi connectivity index (χ4v) is 13.7. The number of hydrogen-bond donors (Lipinski definition) is 3. The van der Waals surface area contributed by atoms with Crippen molar-refractivity contribution in [3.63, 3.8) is 0 Å². The molecule has 0 aliphatic rings. The lowest BCUT2D eigenvalue weighted by molar-refractivity contribution is -0.161. The average Bonchev–Trinajstić information content (AvgIpc) is 1.14. The molecule has 0 saturated carbocycles. The van der Waals surface area contributed by atoms with Gasteiger partial charge in [-0.05, 0) is 43.4 Å². The third-order valence-electron chi connectivity index (χ3n) is 18.7. The van der Waals surface area contributed by atoms with Gasteiger partial charge in [0.2, 0.25) is 0 Å². The first-order valence-electron chi connectivity index (χ1n) is 40.9. The number of ether oxygens (including phenoxy) is 4. The van der Waals surface area contributed by atoms with Gasteiger partial charge in [-0.3, -0.25) is 37.3 Å². The lowest BCUT2D eigenvalue weighted by Gasteiger charge is -2.21. The van der Waals surface area contributed by atoms with Gasteiger partial charge in [-0.1, -0.05) is 357 Å². The molecule has 0 aliphatic heterocycles. The Morgan fingerprint density at radius 1 is 0.296 bits per heavy atom. The summed E-state index contributed by atoms with van der Waals surface area (Å²) < 4.78 is 68.6. The molecule has 582 valence electrons. The number of aliphatic hydroxyl groups excluding tert-OH is 1. The fraction of sp³-hybridized carbons (Fsp3) is 0.949. The standard InChI is InChI=1S/C79H154O17P2/c1-8-10-11-12-13-14-15-16-17-18-19-20-21-22-25-29-34-39-48-55-62-78(83)95-74(66-89-76(81)60-53-46-38-33-28-26-23-24-27-31-36-43-50-57-70(3)4)68-93-97(85,86)91-64-73(80)65-92-98(87,88)94-69-75(67-90-77(82)61-54-47-42-41-45-52-59-72(7)9-2)96-79(84)63-56-49-40-35-30-32-37-44-51-58-71(5)6/h70-75,80H,8-69H2,1-7H3,(H,85,86)(H,87,88)/t72?,73-,74-,75-/m1/s1. The largest absolute Gasteiger partial charge is 0.472 e. The molecule has 0 aromatic carbocycles. The van der Waals surface area contributed by atoms with Crippen molar-refractivity contribution in [2.24, 2.45) is 17.8 Å². The number of unbranched alkanes of at least 4 members (excludes halogenated alkanes) is 44. The van der Waals surface area contributed by atoms with Crippen LogP contribution in [0.4, 0.5) is 0 Å². The molecule has 98 heavy (non-hydrogen) atoms. The normalized spacial score (nSPS) is 14.3. The Hall–Kier alpha value is -1.94. The SMILES string of the molecule is CCCCCCCCCCCCCCCCCCCCCCC(=O)O[C@H](COC(=O)CCCCCCCCCCCCCCCC(C)C)COP(=O)(O)OC[C@@H](O)COP(=O)(O)OC[C@@H](COC(=O)CCCCCCCCC(C)CC)OC(=O)CCCCCCCCCCCC(C)C. The summed E-state index contributed by atoms with van der Waals surface area (Å²) in [7, 11) is -9.92. The van der Waals surface area contributed by atoms with Gasteiger partial charge < -0.3 is 33.8 Å². The molecule has 0 bridgehead atoms. The average molecular weight is 1440 g/mol. The van der Waals surface area contributed by atoms with Gasteiger partial charge in [-0.25, -0.2) is 9.13 Å². The number of phosphoric ester groups is 2. The molecule has 0 aromatic heterocycles. The van der Waals surface area contributed by atoms with Crippen molar-refractivity contribution < 1.29 is 80.2 Å². The molecule has 0 spiro atoms. The first-order valence-corrected chi connectivity index (χ1v) is 43.9. The van der Waals surface area contributed by atoms with Crippen LogP contribution in [0.1, 0.15) is 408 Å². The van der Waals surface area contributed by atoms with Gasteiger partial charge in [0, 0.05) is 25.7 Å². The maximum Gasteiger partial charge on any atom is 0.472 e. The number of carbonyl (C=O) groups is 4. The van der Waals surface area contributed by atoms with E-state index in [9.17, 15) is 43.2 Å². The summed E-state index contributed by atoms with van der Waals surface area (Å²) in [6.07, 6.45) is 57.0. The minimum Gasteiger partial charge on any atom is -0.462 e.